The van der Waals surface area contributed by atoms with Gasteiger partial charge in [-0.15, -0.1) is 0 Å². The number of carboxylic acid groups (broad SMARTS) is 1. The van der Waals surface area contributed by atoms with Crippen molar-refractivity contribution < 1.29 is 28.8 Å². The minimum absolute atomic E-state index is 0.0322. The van der Waals surface area contributed by atoms with Gasteiger partial charge in [0.2, 0.25) is 5.91 Å². The van der Waals surface area contributed by atoms with Gasteiger partial charge < -0.3 is 29.6 Å². The van der Waals surface area contributed by atoms with Crippen molar-refractivity contribution in [1.29, 1.82) is 0 Å². The van der Waals surface area contributed by atoms with Gasteiger partial charge in [-0.05, 0) is 49.0 Å². The number of methoxy groups -OCH3 is 1. The summed E-state index contributed by atoms with van der Waals surface area (Å²) in [5, 5.41) is 11.4. The van der Waals surface area contributed by atoms with E-state index in [1.54, 1.807) is 23.9 Å². The third-order valence-electron chi connectivity index (χ3n) is 9.64. The maximum Gasteiger partial charge on any atom is 0.353 e. The largest absolute Gasteiger partial charge is 0.616 e. The van der Waals surface area contributed by atoms with E-state index in [1.165, 1.54) is 7.11 Å². The number of rotatable bonds is 9. The van der Waals surface area contributed by atoms with E-state index in [1.807, 2.05) is 50.9 Å². The summed E-state index contributed by atoms with van der Waals surface area (Å²) < 4.78 is 20.3. The molecule has 0 spiro atoms. The lowest BCUT2D eigenvalue weighted by Gasteiger charge is -2.37. The van der Waals surface area contributed by atoms with Crippen LogP contribution in [0.1, 0.15) is 71.1 Å². The van der Waals surface area contributed by atoms with Crippen LogP contribution in [0.2, 0.25) is 0 Å². The second-order valence-electron chi connectivity index (χ2n) is 13.8. The second kappa shape index (κ2) is 13.5. The minimum atomic E-state index is -1.36. The molecule has 254 valence electrons. The number of aromatic carboxylic acids is 1. The number of nitrogens with zero attached hydrogens (tertiary/aromatic N) is 4. The number of carbonyl (C=O) groups excluding carboxylic acids is 2. The van der Waals surface area contributed by atoms with E-state index in [4.69, 9.17) is 10.5 Å². The van der Waals surface area contributed by atoms with Gasteiger partial charge >= 0.3 is 5.97 Å². The van der Waals surface area contributed by atoms with Crippen LogP contribution < -0.4 is 10.5 Å². The maximum atomic E-state index is 13.2. The number of carboxylic acids is 1. The summed E-state index contributed by atoms with van der Waals surface area (Å²) in [5.41, 5.74) is 9.56. The van der Waals surface area contributed by atoms with Crippen molar-refractivity contribution in [2.45, 2.75) is 57.4 Å². The van der Waals surface area contributed by atoms with Gasteiger partial charge in [-0.3, -0.25) is 19.4 Å². The summed E-state index contributed by atoms with van der Waals surface area (Å²) in [7, 11) is 5.21. The van der Waals surface area contributed by atoms with Gasteiger partial charge in [0.1, 0.15) is 17.2 Å². The number of primary amides is 1. The van der Waals surface area contributed by atoms with Crippen LogP contribution in [0.5, 0.6) is 5.75 Å². The van der Waals surface area contributed by atoms with Crippen LogP contribution in [0.25, 0.3) is 22.0 Å². The lowest BCUT2D eigenvalue weighted by Crippen LogP contribution is -2.52. The number of hydrogen-bond donors (Lipinski definition) is 2. The standard InChI is InChI=1S/C35H47N5O6S/c1-35(2,3)25-18-23(32(36)41)31(46-6)24(20-47(7)45)27(25)28-22-11-8-10-21(29(22)38(5)30(28)34(43)44)19-39-14-16-40(17-15-39)33(42)26-12-9-13-37(26)4/h8,10-11,18,26H,9,12-17,19-20H2,1-7H3,(H2,36,41)(H,43,44)/t26-,47?/m0/s1. The Kier molecular flexibility index (Phi) is 9.98. The van der Waals surface area contributed by atoms with Crippen LogP contribution in [0.4, 0.5) is 0 Å². The monoisotopic (exact) mass is 665 g/mol. The first-order chi connectivity index (χ1) is 22.1. The van der Waals surface area contributed by atoms with Gasteiger partial charge in [0.05, 0.1) is 36.1 Å². The van der Waals surface area contributed by atoms with Crippen LogP contribution >= 0.6 is 0 Å². The van der Waals surface area contributed by atoms with Crippen molar-refractivity contribution in [3.05, 3.63) is 52.2 Å². The Morgan fingerprint density at radius 1 is 1.09 bits per heavy atom. The molecular formula is C35H47N5O6S. The summed E-state index contributed by atoms with van der Waals surface area (Å²) in [6, 6.07) is 7.54. The summed E-state index contributed by atoms with van der Waals surface area (Å²) in [6.45, 7) is 10.2. The predicted molar refractivity (Wildman–Crippen MR) is 184 cm³/mol. The van der Waals surface area contributed by atoms with Crippen LogP contribution in [0.3, 0.4) is 0 Å². The molecule has 0 saturated carbocycles. The lowest BCUT2D eigenvalue weighted by molar-refractivity contribution is -0.137. The first-order valence-electron chi connectivity index (χ1n) is 16.0. The number of aromatic nitrogens is 1. The molecule has 1 aromatic heterocycles. The summed E-state index contributed by atoms with van der Waals surface area (Å²) in [4.78, 5) is 45.4. The molecule has 2 aliphatic heterocycles. The Balaban J connectivity index is 1.63. The van der Waals surface area contributed by atoms with E-state index in [-0.39, 0.29) is 34.7 Å². The van der Waals surface area contributed by atoms with Crippen molar-refractivity contribution in [3.63, 3.8) is 0 Å². The number of ether oxygens (including phenoxy) is 1. The van der Waals surface area contributed by atoms with Crippen molar-refractivity contribution in [2.75, 3.05) is 53.1 Å². The number of likely N-dealkylation sites (tertiary alicyclic amines) is 1. The number of piperazine rings is 1. The van der Waals surface area contributed by atoms with Gasteiger partial charge in [-0.2, -0.15) is 0 Å². The molecule has 3 N–H and O–H groups in total. The Morgan fingerprint density at radius 3 is 2.30 bits per heavy atom. The quantitative estimate of drug-likeness (QED) is 0.330. The number of para-hydroxylation sites is 1. The summed E-state index contributed by atoms with van der Waals surface area (Å²) in [5.74, 6) is -1.33. The molecule has 3 aromatic rings. The average Bonchev–Trinajstić information content (AvgIpc) is 3.56. The number of nitrogens with two attached hydrogens (primary N) is 1. The molecule has 11 nitrogen and oxygen atoms in total. The Labute approximate surface area is 279 Å². The molecule has 0 bridgehead atoms. The van der Waals surface area contributed by atoms with Crippen LogP contribution in [-0.4, -0.2) is 106 Å². The topological polar surface area (TPSA) is 144 Å². The molecule has 2 aliphatic rings. The highest BCUT2D eigenvalue weighted by Gasteiger charge is 2.36. The van der Waals surface area contributed by atoms with Gasteiger partial charge in [-0.25, -0.2) is 4.79 Å². The fourth-order valence-corrected chi connectivity index (χ4v) is 8.06. The highest BCUT2D eigenvalue weighted by molar-refractivity contribution is 7.89. The third-order valence-corrected chi connectivity index (χ3v) is 10.3. The number of hydrogen-bond acceptors (Lipinski definition) is 7. The average molecular weight is 666 g/mol. The van der Waals surface area contributed by atoms with Crippen LogP contribution in [0.15, 0.2) is 24.3 Å². The number of aryl methyl sites for hydroxylation is 1. The van der Waals surface area contributed by atoms with E-state index in [0.717, 1.165) is 35.9 Å². The molecule has 0 radical (unpaired) electrons. The molecule has 0 aliphatic carbocycles. The number of benzene rings is 2. The first-order valence-corrected chi connectivity index (χ1v) is 17.8. The SMILES string of the molecule is COc1c(C(N)=O)cc(C(C)(C)C)c(-c2c(C(=O)O)n(C)c3c(CN4CCN(C(=O)[C@@H]5CCCN5C)CC4)cccc23)c1C[S+](C)[O-]. The zero-order chi connectivity index (χ0) is 34.4. The number of likely N-dealkylation sites (N-methyl/N-ethyl adjacent to an activating group) is 1. The first kappa shape index (κ1) is 34.7. The summed E-state index contributed by atoms with van der Waals surface area (Å²) >= 11 is -1.36. The van der Waals surface area contributed by atoms with Crippen molar-refractivity contribution >= 4 is 39.9 Å². The molecule has 1 unspecified atom stereocenters. The van der Waals surface area contributed by atoms with Crippen molar-refractivity contribution in [2.24, 2.45) is 12.8 Å². The Morgan fingerprint density at radius 2 is 1.77 bits per heavy atom. The molecule has 2 atom stereocenters. The van der Waals surface area contributed by atoms with E-state index in [0.29, 0.717) is 55.0 Å². The van der Waals surface area contributed by atoms with Crippen LogP contribution in [0, 0.1) is 0 Å². The molecule has 2 amide bonds. The molecule has 3 heterocycles. The molecule has 47 heavy (non-hydrogen) atoms. The van der Waals surface area contributed by atoms with Crippen molar-refractivity contribution in [3.8, 4) is 16.9 Å². The molecule has 2 saturated heterocycles. The van der Waals surface area contributed by atoms with Gasteiger partial charge in [0.15, 0.2) is 0 Å². The zero-order valence-electron chi connectivity index (χ0n) is 28.5. The lowest BCUT2D eigenvalue weighted by atomic mass is 9.78. The van der Waals surface area contributed by atoms with E-state index in [9.17, 15) is 24.0 Å². The van der Waals surface area contributed by atoms with Crippen molar-refractivity contribution in [1.82, 2.24) is 19.3 Å². The maximum absolute atomic E-state index is 13.2. The van der Waals surface area contributed by atoms with E-state index < -0.39 is 28.5 Å². The van der Waals surface area contributed by atoms with Gasteiger partial charge in [0, 0.05) is 56.3 Å². The number of amides is 2. The minimum Gasteiger partial charge on any atom is -0.616 e. The highest BCUT2D eigenvalue weighted by atomic mass is 32.2. The van der Waals surface area contributed by atoms with Gasteiger partial charge in [0.25, 0.3) is 5.91 Å². The van der Waals surface area contributed by atoms with Gasteiger partial charge in [-0.1, -0.05) is 50.1 Å². The molecular weight excluding hydrogens is 618 g/mol. The Hall–Kier alpha value is -3.58. The fourth-order valence-electron chi connectivity index (χ4n) is 7.38. The zero-order valence-corrected chi connectivity index (χ0v) is 29.3. The van der Waals surface area contributed by atoms with E-state index in [2.05, 4.69) is 9.80 Å². The highest BCUT2D eigenvalue weighted by Crippen LogP contribution is 2.47. The fraction of sp³-hybridized carbons (Fsp3) is 0.514. The molecule has 5 rings (SSSR count). The summed E-state index contributed by atoms with van der Waals surface area (Å²) in [6.07, 6.45) is 3.52. The predicted octanol–water partition coefficient (Wildman–Crippen LogP) is 3.57. The number of fused-ring (bicyclic) bond motifs is 1. The normalized spacial score (nSPS) is 18.6. The molecule has 2 fully saturated rings. The number of carbonyl (C=O) groups is 3. The molecule has 2 aromatic carbocycles. The smallest absolute Gasteiger partial charge is 0.353 e. The van der Waals surface area contributed by atoms with E-state index >= 15 is 0 Å². The second-order valence-corrected chi connectivity index (χ2v) is 15.3. The molecule has 12 heteroatoms. The Bertz CT molecular complexity index is 1700. The van der Waals surface area contributed by atoms with Crippen LogP contribution in [-0.2, 0) is 40.7 Å². The third kappa shape index (κ3) is 6.61.